The standard InChI is InChI=1S/C24H27N3O3S/c1-2-26-13-15-27(16-14-26)31(29,30)23-11-9-22(10-12-23)25-24(28)18-19-7-8-20-5-3-4-6-21(20)17-19/h3-12,17H,2,13-16,18H2,1H3,(H,25,28). The van der Waals surface area contributed by atoms with Crippen LogP contribution in [0.2, 0.25) is 0 Å². The zero-order valence-electron chi connectivity index (χ0n) is 17.6. The van der Waals surface area contributed by atoms with Gasteiger partial charge in [-0.1, -0.05) is 49.4 Å². The fraction of sp³-hybridized carbons (Fsp3) is 0.292. The molecule has 31 heavy (non-hydrogen) atoms. The first-order valence-corrected chi connectivity index (χ1v) is 12.0. The third-order valence-electron chi connectivity index (χ3n) is 5.73. The van der Waals surface area contributed by atoms with Crippen LogP contribution in [-0.2, 0) is 21.2 Å². The summed E-state index contributed by atoms with van der Waals surface area (Å²) < 4.78 is 27.3. The summed E-state index contributed by atoms with van der Waals surface area (Å²) in [6.45, 7) is 5.51. The number of anilines is 1. The number of rotatable bonds is 6. The van der Waals surface area contributed by atoms with Gasteiger partial charge >= 0.3 is 0 Å². The number of fused-ring (bicyclic) bond motifs is 1. The quantitative estimate of drug-likeness (QED) is 0.642. The zero-order valence-corrected chi connectivity index (χ0v) is 18.4. The predicted molar refractivity (Wildman–Crippen MR) is 124 cm³/mol. The maximum Gasteiger partial charge on any atom is 0.243 e. The van der Waals surface area contributed by atoms with Crippen molar-refractivity contribution < 1.29 is 13.2 Å². The van der Waals surface area contributed by atoms with E-state index in [-0.39, 0.29) is 17.2 Å². The van der Waals surface area contributed by atoms with Crippen LogP contribution >= 0.6 is 0 Å². The Morgan fingerprint density at radius 1 is 0.903 bits per heavy atom. The van der Waals surface area contributed by atoms with Crippen LogP contribution in [0, 0.1) is 0 Å². The Morgan fingerprint density at radius 3 is 2.26 bits per heavy atom. The Labute approximate surface area is 183 Å². The van der Waals surface area contributed by atoms with Crippen LogP contribution in [0.15, 0.2) is 71.6 Å². The Kier molecular flexibility index (Phi) is 6.36. The molecule has 1 aliphatic heterocycles. The summed E-state index contributed by atoms with van der Waals surface area (Å²) in [7, 11) is -3.51. The lowest BCUT2D eigenvalue weighted by Gasteiger charge is -2.33. The second-order valence-corrected chi connectivity index (χ2v) is 9.71. The largest absolute Gasteiger partial charge is 0.326 e. The Hall–Kier alpha value is -2.74. The molecule has 7 heteroatoms. The average Bonchev–Trinajstić information content (AvgIpc) is 2.79. The van der Waals surface area contributed by atoms with Crippen molar-refractivity contribution in [2.24, 2.45) is 0 Å². The summed E-state index contributed by atoms with van der Waals surface area (Å²) >= 11 is 0. The predicted octanol–water partition coefficient (Wildman–Crippen LogP) is 3.35. The third-order valence-corrected chi connectivity index (χ3v) is 7.65. The molecule has 1 N–H and O–H groups in total. The molecule has 0 unspecified atom stereocenters. The van der Waals surface area contributed by atoms with Crippen molar-refractivity contribution in [2.45, 2.75) is 18.2 Å². The highest BCUT2D eigenvalue weighted by Gasteiger charge is 2.27. The first kappa shape index (κ1) is 21.5. The number of hydrogen-bond acceptors (Lipinski definition) is 4. The number of nitrogens with zero attached hydrogens (tertiary/aromatic N) is 2. The van der Waals surface area contributed by atoms with Gasteiger partial charge in [0.1, 0.15) is 0 Å². The molecule has 0 saturated carbocycles. The monoisotopic (exact) mass is 437 g/mol. The van der Waals surface area contributed by atoms with E-state index in [1.54, 1.807) is 24.3 Å². The number of carbonyl (C=O) groups is 1. The fourth-order valence-electron chi connectivity index (χ4n) is 3.88. The van der Waals surface area contributed by atoms with E-state index in [4.69, 9.17) is 0 Å². The van der Waals surface area contributed by atoms with Crippen LogP contribution in [0.4, 0.5) is 5.69 Å². The van der Waals surface area contributed by atoms with Crippen molar-refractivity contribution in [3.05, 3.63) is 72.3 Å². The summed E-state index contributed by atoms with van der Waals surface area (Å²) in [6.07, 6.45) is 0.257. The second kappa shape index (κ2) is 9.18. The summed E-state index contributed by atoms with van der Waals surface area (Å²) in [5.41, 5.74) is 1.52. The van der Waals surface area contributed by atoms with Gasteiger partial charge in [-0.2, -0.15) is 4.31 Å². The van der Waals surface area contributed by atoms with Gasteiger partial charge in [0.2, 0.25) is 15.9 Å². The molecule has 0 radical (unpaired) electrons. The topological polar surface area (TPSA) is 69.7 Å². The molecule has 6 nitrogen and oxygen atoms in total. The zero-order chi connectivity index (χ0) is 21.8. The Balaban J connectivity index is 1.39. The molecule has 0 bridgehead atoms. The first-order chi connectivity index (χ1) is 15.0. The highest BCUT2D eigenvalue weighted by atomic mass is 32.2. The normalized spacial score (nSPS) is 15.8. The van der Waals surface area contributed by atoms with Gasteiger partial charge in [0, 0.05) is 31.9 Å². The third kappa shape index (κ3) is 4.95. The van der Waals surface area contributed by atoms with Gasteiger partial charge in [0.25, 0.3) is 0 Å². The van der Waals surface area contributed by atoms with Crippen LogP contribution in [0.25, 0.3) is 10.8 Å². The van der Waals surface area contributed by atoms with E-state index < -0.39 is 10.0 Å². The Morgan fingerprint density at radius 2 is 1.58 bits per heavy atom. The van der Waals surface area contributed by atoms with Crippen molar-refractivity contribution in [3.8, 4) is 0 Å². The molecule has 0 aromatic heterocycles. The first-order valence-electron chi connectivity index (χ1n) is 10.6. The van der Waals surface area contributed by atoms with Gasteiger partial charge in [-0.15, -0.1) is 0 Å². The van der Waals surface area contributed by atoms with Crippen LogP contribution < -0.4 is 5.32 Å². The Bertz CT molecular complexity index is 1170. The summed E-state index contributed by atoms with van der Waals surface area (Å²) in [5, 5.41) is 5.09. The number of nitrogens with one attached hydrogen (secondary N) is 1. The van der Waals surface area contributed by atoms with E-state index in [1.165, 1.54) is 4.31 Å². The number of hydrogen-bond donors (Lipinski definition) is 1. The minimum absolute atomic E-state index is 0.137. The van der Waals surface area contributed by atoms with Gasteiger partial charge in [-0.3, -0.25) is 4.79 Å². The van der Waals surface area contributed by atoms with E-state index >= 15 is 0 Å². The van der Waals surface area contributed by atoms with Crippen molar-refractivity contribution in [1.29, 1.82) is 0 Å². The SMILES string of the molecule is CCN1CCN(S(=O)(=O)c2ccc(NC(=O)Cc3ccc4ccccc4c3)cc2)CC1. The molecule has 1 aliphatic rings. The lowest BCUT2D eigenvalue weighted by Crippen LogP contribution is -2.48. The molecule has 0 spiro atoms. The number of benzene rings is 3. The number of likely N-dealkylation sites (N-methyl/N-ethyl adjacent to an activating group) is 1. The van der Waals surface area contributed by atoms with Crippen LogP contribution in [-0.4, -0.2) is 56.3 Å². The second-order valence-electron chi connectivity index (χ2n) is 7.77. The molecule has 1 amide bonds. The molecule has 4 rings (SSSR count). The minimum atomic E-state index is -3.51. The van der Waals surface area contributed by atoms with E-state index in [2.05, 4.69) is 17.1 Å². The van der Waals surface area contributed by atoms with Gasteiger partial charge in [0.05, 0.1) is 11.3 Å². The molecule has 1 fully saturated rings. The molecule has 162 valence electrons. The molecule has 0 atom stereocenters. The lowest BCUT2D eigenvalue weighted by atomic mass is 10.0. The number of amides is 1. The summed E-state index contributed by atoms with van der Waals surface area (Å²) in [6, 6.07) is 20.4. The molecular weight excluding hydrogens is 410 g/mol. The van der Waals surface area contributed by atoms with Crippen molar-refractivity contribution in [2.75, 3.05) is 38.0 Å². The van der Waals surface area contributed by atoms with E-state index in [0.29, 0.717) is 18.8 Å². The number of carbonyl (C=O) groups excluding carboxylic acids is 1. The maximum absolute atomic E-state index is 12.9. The summed E-state index contributed by atoms with van der Waals surface area (Å²) in [4.78, 5) is 15.0. The molecular formula is C24H27N3O3S. The smallest absolute Gasteiger partial charge is 0.243 e. The molecule has 1 saturated heterocycles. The molecule has 1 heterocycles. The number of piperazine rings is 1. The minimum Gasteiger partial charge on any atom is -0.326 e. The number of sulfonamides is 1. The maximum atomic E-state index is 12.9. The molecule has 3 aromatic rings. The lowest BCUT2D eigenvalue weighted by molar-refractivity contribution is -0.115. The van der Waals surface area contributed by atoms with Crippen molar-refractivity contribution in [1.82, 2.24) is 9.21 Å². The van der Waals surface area contributed by atoms with Crippen molar-refractivity contribution >= 4 is 32.4 Å². The van der Waals surface area contributed by atoms with Crippen LogP contribution in [0.3, 0.4) is 0 Å². The van der Waals surface area contributed by atoms with E-state index in [0.717, 1.165) is 36.0 Å². The summed E-state index contributed by atoms with van der Waals surface area (Å²) in [5.74, 6) is -0.137. The van der Waals surface area contributed by atoms with Gasteiger partial charge in [-0.05, 0) is 47.1 Å². The molecule has 3 aromatic carbocycles. The van der Waals surface area contributed by atoms with Gasteiger partial charge in [0.15, 0.2) is 0 Å². The molecule has 0 aliphatic carbocycles. The average molecular weight is 438 g/mol. The fourth-order valence-corrected chi connectivity index (χ4v) is 5.31. The highest BCUT2D eigenvalue weighted by molar-refractivity contribution is 7.89. The van der Waals surface area contributed by atoms with Crippen LogP contribution in [0.5, 0.6) is 0 Å². The van der Waals surface area contributed by atoms with Gasteiger partial charge in [-0.25, -0.2) is 8.42 Å². The van der Waals surface area contributed by atoms with Crippen molar-refractivity contribution in [3.63, 3.8) is 0 Å². The highest BCUT2D eigenvalue weighted by Crippen LogP contribution is 2.21. The van der Waals surface area contributed by atoms with Gasteiger partial charge < -0.3 is 10.2 Å². The van der Waals surface area contributed by atoms with Crippen LogP contribution in [0.1, 0.15) is 12.5 Å². The van der Waals surface area contributed by atoms with E-state index in [1.807, 2.05) is 42.5 Å². The van der Waals surface area contributed by atoms with E-state index in [9.17, 15) is 13.2 Å².